The monoisotopic (exact) mass is 699 g/mol. The second kappa shape index (κ2) is 15.1. The summed E-state index contributed by atoms with van der Waals surface area (Å²) in [5.74, 6) is 2.90. The summed E-state index contributed by atoms with van der Waals surface area (Å²) in [7, 11) is -4.36. The van der Waals surface area contributed by atoms with E-state index in [1.165, 1.54) is 5.57 Å². The molecule has 0 radical (unpaired) electrons. The number of aromatic hydroxyl groups is 1. The van der Waals surface area contributed by atoms with Crippen molar-refractivity contribution in [3.8, 4) is 11.5 Å². The number of phenols is 1. The van der Waals surface area contributed by atoms with Crippen LogP contribution in [0, 0.1) is 36.5 Å². The first-order chi connectivity index (χ1) is 21.8. The Kier molecular flexibility index (Phi) is 12.9. The van der Waals surface area contributed by atoms with Crippen molar-refractivity contribution in [3.63, 3.8) is 0 Å². The second-order valence-corrected chi connectivity index (χ2v) is 28.8. The highest BCUT2D eigenvalue weighted by molar-refractivity contribution is 6.75. The average molecular weight is 699 g/mol. The first kappa shape index (κ1) is 41.1. The van der Waals surface area contributed by atoms with Gasteiger partial charge in [-0.1, -0.05) is 100.0 Å². The van der Waals surface area contributed by atoms with Gasteiger partial charge in [-0.05, 0) is 112 Å². The van der Waals surface area contributed by atoms with E-state index in [1.807, 2.05) is 6.92 Å². The number of phenolic OH excluding ortho intramolecular Hbond substituents is 1. The van der Waals surface area contributed by atoms with Crippen molar-refractivity contribution in [2.75, 3.05) is 0 Å². The summed E-state index contributed by atoms with van der Waals surface area (Å²) >= 11 is 0. The Balaban J connectivity index is 2.33. The van der Waals surface area contributed by atoms with Gasteiger partial charge >= 0.3 is 0 Å². The number of aryl methyl sites for hydroxylation is 1. The lowest BCUT2D eigenvalue weighted by Gasteiger charge is -2.50. The molecule has 1 saturated heterocycles. The summed E-state index contributed by atoms with van der Waals surface area (Å²) in [4.78, 5) is 0. The number of allylic oxidation sites excluding steroid dienone is 3. The maximum atomic E-state index is 12.0. The highest BCUT2D eigenvalue weighted by Crippen LogP contribution is 2.52. The molecule has 8 atom stereocenters. The van der Waals surface area contributed by atoms with Crippen molar-refractivity contribution in [2.24, 2.45) is 29.6 Å². The van der Waals surface area contributed by atoms with Crippen molar-refractivity contribution >= 4 is 16.6 Å². The molecule has 4 nitrogen and oxygen atoms in total. The van der Waals surface area contributed by atoms with Gasteiger partial charge < -0.3 is 18.7 Å². The van der Waals surface area contributed by atoms with Crippen LogP contribution in [-0.2, 0) is 15.6 Å². The molecule has 0 spiro atoms. The second-order valence-electron chi connectivity index (χ2n) is 19.3. The first-order valence-electron chi connectivity index (χ1n) is 19.0. The lowest BCUT2D eigenvalue weighted by atomic mass is 9.76. The molecule has 0 amide bonds. The summed E-state index contributed by atoms with van der Waals surface area (Å²) in [6.45, 7) is 43.9. The Morgan fingerprint density at radius 2 is 1.46 bits per heavy atom. The van der Waals surface area contributed by atoms with Crippen molar-refractivity contribution in [1.82, 2.24) is 0 Å². The van der Waals surface area contributed by atoms with Gasteiger partial charge in [0, 0.05) is 23.0 Å². The molecule has 1 aromatic carbocycles. The first-order valence-corrected chi connectivity index (χ1v) is 24.8. The molecule has 2 heterocycles. The van der Waals surface area contributed by atoms with E-state index in [0.29, 0.717) is 29.9 Å². The molecule has 1 fully saturated rings. The predicted molar refractivity (Wildman–Crippen MR) is 211 cm³/mol. The third-order valence-corrected chi connectivity index (χ3v) is 21.5. The van der Waals surface area contributed by atoms with Crippen molar-refractivity contribution in [2.45, 2.75) is 177 Å². The summed E-state index contributed by atoms with van der Waals surface area (Å²) in [6, 6.07) is 2.09. The molecule has 2 aliphatic rings. The Morgan fingerprint density at radius 1 is 0.875 bits per heavy atom. The maximum Gasteiger partial charge on any atom is 0.250 e. The number of fused-ring (bicyclic) bond motifs is 4. The summed E-state index contributed by atoms with van der Waals surface area (Å²) in [5.41, 5.74) is 5.44. The SMILES string of the molecule is C=C1Cc2c(O)c(C)cc(O[Si](C)(C)C(C)(C)C)c2[C@@H]2O[C@H](CC[C@H](C)/C=C(\C)C[C@@H](C)C[C@@H]1C)[C@H](C)[C@H](O[Si](C)(C)C(C)(C)C)[C@H]2C. The van der Waals surface area contributed by atoms with Crippen LogP contribution in [0.25, 0.3) is 0 Å². The third-order valence-electron chi connectivity index (χ3n) is 12.7. The van der Waals surface area contributed by atoms with Gasteiger partial charge in [-0.3, -0.25) is 0 Å². The third kappa shape index (κ3) is 9.30. The van der Waals surface area contributed by atoms with Crippen LogP contribution < -0.4 is 4.43 Å². The summed E-state index contributed by atoms with van der Waals surface area (Å²) < 4.78 is 22.0. The minimum atomic E-state index is -2.24. The van der Waals surface area contributed by atoms with E-state index in [2.05, 4.69) is 128 Å². The standard InChI is InChI=1S/C42H74O4Si2/c1-26-19-20-35-32(7)39(46-48(17,18)42(12,13)14)33(8)40(44-35)37-34(24-30(5)29(4)23-28(3)22-27(2)21-26)38(43)31(6)25-36(37)45-47(15,16)41(9,10)11/h21,25-26,28-29,32-33,35,39-40,43H,5,19-20,22-24H2,1-4,6-18H3/b27-21+/t26-,28+,29-,32-,33+,35+,39-,40+/m0/s1. The van der Waals surface area contributed by atoms with E-state index in [9.17, 15) is 5.11 Å². The number of ether oxygens (including phenoxy) is 1. The molecular weight excluding hydrogens is 625 g/mol. The van der Waals surface area contributed by atoms with Gasteiger partial charge in [-0.2, -0.15) is 0 Å². The Bertz CT molecular complexity index is 1310. The average Bonchev–Trinajstić information content (AvgIpc) is 2.91. The number of hydrogen-bond donors (Lipinski definition) is 1. The fraction of sp³-hybridized carbons (Fsp3) is 0.762. The van der Waals surface area contributed by atoms with Gasteiger partial charge in [-0.15, -0.1) is 0 Å². The molecule has 0 aromatic heterocycles. The van der Waals surface area contributed by atoms with Crippen molar-refractivity contribution in [1.29, 1.82) is 0 Å². The zero-order valence-electron chi connectivity index (χ0n) is 34.2. The molecule has 1 N–H and O–H groups in total. The fourth-order valence-corrected chi connectivity index (χ4v) is 9.91. The maximum absolute atomic E-state index is 12.0. The van der Waals surface area contributed by atoms with E-state index in [0.717, 1.165) is 53.7 Å². The van der Waals surface area contributed by atoms with Crippen LogP contribution in [0.5, 0.6) is 11.5 Å². The minimum Gasteiger partial charge on any atom is -0.543 e. The minimum absolute atomic E-state index is 0.0179. The van der Waals surface area contributed by atoms with Crippen LogP contribution in [0.4, 0.5) is 0 Å². The molecule has 0 aliphatic carbocycles. The van der Waals surface area contributed by atoms with E-state index in [4.69, 9.17) is 13.6 Å². The molecule has 3 rings (SSSR count). The van der Waals surface area contributed by atoms with Gasteiger partial charge in [0.25, 0.3) is 0 Å². The van der Waals surface area contributed by atoms with E-state index in [1.54, 1.807) is 0 Å². The van der Waals surface area contributed by atoms with Crippen LogP contribution in [0.15, 0.2) is 29.9 Å². The van der Waals surface area contributed by atoms with Crippen molar-refractivity contribution < 1.29 is 18.7 Å². The van der Waals surface area contributed by atoms with Crippen LogP contribution in [-0.4, -0.2) is 33.9 Å². The predicted octanol–water partition coefficient (Wildman–Crippen LogP) is 12.7. The van der Waals surface area contributed by atoms with Crippen LogP contribution in [0.1, 0.15) is 132 Å². The van der Waals surface area contributed by atoms with E-state index >= 15 is 0 Å². The van der Waals surface area contributed by atoms with Crippen LogP contribution >= 0.6 is 0 Å². The summed E-state index contributed by atoms with van der Waals surface area (Å²) in [6.07, 6.45) is 7.11. The summed E-state index contributed by atoms with van der Waals surface area (Å²) in [5, 5.41) is 12.1. The quantitative estimate of drug-likeness (QED) is 0.251. The van der Waals surface area contributed by atoms with E-state index in [-0.39, 0.29) is 40.2 Å². The Labute approximate surface area is 298 Å². The van der Waals surface area contributed by atoms with Crippen LogP contribution in [0.3, 0.4) is 0 Å². The zero-order chi connectivity index (χ0) is 36.7. The lowest BCUT2D eigenvalue weighted by molar-refractivity contribution is -0.165. The molecule has 1 aromatic rings. The Morgan fingerprint density at radius 3 is 2.02 bits per heavy atom. The number of rotatable bonds is 4. The molecule has 0 saturated carbocycles. The molecule has 2 aliphatic heterocycles. The molecular formula is C42H74O4Si2. The number of benzene rings is 1. The topological polar surface area (TPSA) is 47.9 Å². The van der Waals surface area contributed by atoms with Gasteiger partial charge in [0.1, 0.15) is 11.5 Å². The van der Waals surface area contributed by atoms with Gasteiger partial charge in [0.05, 0.1) is 18.3 Å². The van der Waals surface area contributed by atoms with Gasteiger partial charge in [0.2, 0.25) is 8.32 Å². The highest BCUT2D eigenvalue weighted by atomic mass is 28.4. The Hall–Kier alpha value is -1.35. The molecule has 274 valence electrons. The fourth-order valence-electron chi connectivity index (χ4n) is 7.42. The smallest absolute Gasteiger partial charge is 0.250 e. The van der Waals surface area contributed by atoms with Crippen molar-refractivity contribution in [3.05, 3.63) is 46.6 Å². The largest absolute Gasteiger partial charge is 0.543 e. The molecule has 48 heavy (non-hydrogen) atoms. The van der Waals surface area contributed by atoms with E-state index < -0.39 is 16.6 Å². The van der Waals surface area contributed by atoms with Crippen LogP contribution in [0.2, 0.25) is 36.3 Å². The molecule has 0 unspecified atom stereocenters. The lowest BCUT2D eigenvalue weighted by Crippen LogP contribution is -2.53. The molecule has 6 heteroatoms. The number of hydrogen-bond acceptors (Lipinski definition) is 4. The van der Waals surface area contributed by atoms with Gasteiger partial charge in [0.15, 0.2) is 8.32 Å². The highest BCUT2D eigenvalue weighted by Gasteiger charge is 2.49. The zero-order valence-corrected chi connectivity index (χ0v) is 36.2. The van der Waals surface area contributed by atoms with Gasteiger partial charge in [-0.25, -0.2) is 0 Å². The molecule has 2 bridgehead atoms. The normalized spacial score (nSPS) is 31.5.